The Hall–Kier alpha value is -0.563. The summed E-state index contributed by atoms with van der Waals surface area (Å²) in [6.07, 6.45) is 115. The van der Waals surface area contributed by atoms with Crippen LogP contribution in [-0.4, -0.2) is 66.2 Å². The molecule has 0 unspecified atom stereocenters. The molecule has 0 saturated heterocycles. The molecule has 0 saturated carbocycles. The van der Waals surface area contributed by atoms with E-state index in [0.29, 0.717) is 0 Å². The standard InChI is InChI=1S/4C18H36O2.4C8H17.O.2Sn/c4*1-2-3-4-5-6-7-8-9-10-11-12-13-14-15-16-17-18(19)20;4*1-3-5-7-8-6-4-2;;;/h4*2-17H2,1H3,(H,19,20);4*1,3-8H2,2H3;;;/q;;;;;;;;-2;;/p-4. The topological polar surface area (TPSA) is 189 Å². The Morgan fingerprint density at radius 3 is 0.304 bits per heavy atom. The van der Waals surface area contributed by atoms with Crippen molar-refractivity contribution in [3.63, 3.8) is 0 Å². The molecular weight excluding hydrogens is 1630 g/mol. The maximum atomic E-state index is 10.2. The van der Waals surface area contributed by atoms with Gasteiger partial charge in [-0.1, -0.05) is 387 Å². The van der Waals surface area contributed by atoms with Gasteiger partial charge in [0.05, 0.1) is 0 Å². The van der Waals surface area contributed by atoms with Crippen molar-refractivity contribution >= 4 is 66.2 Å². The quantitative estimate of drug-likeness (QED) is 0.0424. The third-order valence-electron chi connectivity index (χ3n) is 22.8. The van der Waals surface area contributed by atoms with E-state index in [1.807, 2.05) is 0 Å². The Labute approximate surface area is 743 Å². The first kappa shape index (κ1) is 128. The summed E-state index contributed by atoms with van der Waals surface area (Å²) in [7, 11) is 0. The molecule has 0 aromatic carbocycles. The summed E-state index contributed by atoms with van der Waals surface area (Å²) < 4.78 is 6.63. The average molecular weight is 1840 g/mol. The molecule has 0 atom stereocenters. The van der Waals surface area contributed by atoms with E-state index in [-0.39, 0.29) is 73.4 Å². The smallest absolute Gasteiger partial charge is 2.00 e. The van der Waals surface area contributed by atoms with Crippen LogP contribution in [0.5, 0.6) is 0 Å². The van der Waals surface area contributed by atoms with E-state index in [4.69, 9.17) is 0 Å². The number of rotatable bonds is 92. The molecule has 11 heteroatoms. The second-order valence-corrected chi connectivity index (χ2v) is 43.4. The Kier molecular flexibility index (Phi) is 143. The van der Waals surface area contributed by atoms with Crippen LogP contribution in [0.2, 0.25) is 17.7 Å². The molecule has 0 rings (SSSR count). The predicted molar refractivity (Wildman–Crippen MR) is 503 cm³/mol. The first-order chi connectivity index (χ1) is 55.9. The molecule has 9 nitrogen and oxygen atoms in total. The van der Waals surface area contributed by atoms with Crippen molar-refractivity contribution in [3.8, 4) is 0 Å². The first-order valence-corrected chi connectivity index (χ1v) is 60.2. The van der Waals surface area contributed by atoms with Gasteiger partial charge < -0.3 is 45.1 Å². The van der Waals surface area contributed by atoms with Gasteiger partial charge in [0.2, 0.25) is 0 Å². The van der Waals surface area contributed by atoms with Crippen molar-refractivity contribution in [1.29, 1.82) is 0 Å². The molecule has 0 heterocycles. The number of carbonyl (C=O) groups is 4. The number of carboxylic acids is 4. The van der Waals surface area contributed by atoms with Crippen molar-refractivity contribution in [3.05, 3.63) is 0 Å². The van der Waals surface area contributed by atoms with E-state index < -0.39 is 23.9 Å². The summed E-state index contributed by atoms with van der Waals surface area (Å²) in [4.78, 5) is 40.9. The van der Waals surface area contributed by atoms with Crippen LogP contribution < -0.4 is 20.4 Å². The van der Waals surface area contributed by atoms with E-state index in [2.05, 4.69) is 55.4 Å². The van der Waals surface area contributed by atoms with E-state index in [9.17, 15) is 39.6 Å². The van der Waals surface area contributed by atoms with Gasteiger partial charge >= 0.3 is 242 Å². The number of aliphatic carboxylic acids is 4. The molecule has 0 aromatic heterocycles. The normalized spacial score (nSPS) is 10.8. The van der Waals surface area contributed by atoms with Crippen molar-refractivity contribution < 1.29 is 45.1 Å². The fraction of sp³-hybridized carbons (Fsp3) is 0.962. The molecule has 0 amide bonds. The maximum absolute atomic E-state index is 10.2. The van der Waals surface area contributed by atoms with Gasteiger partial charge in [-0.25, -0.2) is 0 Å². The summed E-state index contributed by atoms with van der Waals surface area (Å²) in [5.41, 5.74) is 0. The predicted octanol–water partition coefficient (Wildman–Crippen LogP) is 32.4. The molecule has 115 heavy (non-hydrogen) atoms. The van der Waals surface area contributed by atoms with Crippen molar-refractivity contribution in [2.75, 3.05) is 0 Å². The van der Waals surface area contributed by atoms with Gasteiger partial charge in [0.1, 0.15) is 0 Å². The molecule has 0 spiro atoms. The molecule has 4 radical (unpaired) electrons. The SMILES string of the molecule is CCCCCCCCCCCCCCCCCC(=O)[O-].CCCCCCCCCCCCCCCCCC(=O)[O-].CCCCCCCCCCCCCCCCCC(=O)[O-].CCCCCCCCCCCCCCCCCC(=O)[O-].CCCCCCC[CH2][Sn][CH2]CCCCCCC.CCCCCCC[CH2][Sn][CH2]CCCCCCC.[O-2]. The molecule has 0 bridgehead atoms. The van der Waals surface area contributed by atoms with Gasteiger partial charge in [0.15, 0.2) is 0 Å². The van der Waals surface area contributed by atoms with Gasteiger partial charge in [-0.2, -0.15) is 0 Å². The summed E-state index contributed by atoms with van der Waals surface area (Å²) in [5, 5.41) is 40.9. The number of hydrogen-bond acceptors (Lipinski definition) is 8. The maximum Gasteiger partial charge on any atom is -2.00 e. The molecule has 692 valence electrons. The number of hydrogen-bond donors (Lipinski definition) is 0. The largest absolute Gasteiger partial charge is 2.00 e. The third kappa shape index (κ3) is 155. The third-order valence-corrected chi connectivity index (χ3v) is 30.8. The summed E-state index contributed by atoms with van der Waals surface area (Å²) in [5.74, 6) is -3.61. The molecule has 0 aliphatic heterocycles. The van der Waals surface area contributed by atoms with Crippen LogP contribution in [0.4, 0.5) is 0 Å². The molecule has 0 aliphatic rings. The zero-order valence-corrected chi connectivity index (χ0v) is 85.4. The van der Waals surface area contributed by atoms with Crippen LogP contribution in [0.25, 0.3) is 0 Å². The second kappa shape index (κ2) is 129. The van der Waals surface area contributed by atoms with Gasteiger partial charge in [-0.3, -0.25) is 0 Å². The minimum Gasteiger partial charge on any atom is -2.00 e. The summed E-state index contributed by atoms with van der Waals surface area (Å²) in [6, 6.07) is 0. The fourth-order valence-corrected chi connectivity index (χ4v) is 22.1. The summed E-state index contributed by atoms with van der Waals surface area (Å²) >= 11 is 0.147. The van der Waals surface area contributed by atoms with E-state index >= 15 is 0 Å². The summed E-state index contributed by atoms with van der Waals surface area (Å²) in [6.45, 7) is 18.3. The molecule has 0 aliphatic carbocycles. The van der Waals surface area contributed by atoms with E-state index in [0.717, 1.165) is 51.4 Å². The van der Waals surface area contributed by atoms with Gasteiger partial charge in [0, 0.05) is 23.9 Å². The van der Waals surface area contributed by atoms with Crippen LogP contribution in [-0.2, 0) is 24.7 Å². The zero-order valence-electron chi connectivity index (χ0n) is 79.7. The second-order valence-electron chi connectivity index (χ2n) is 34.9. The number of unbranched alkanes of at least 4 members (excludes halogenated alkanes) is 76. The molecule has 0 fully saturated rings. The fourth-order valence-electron chi connectivity index (χ4n) is 14.9. The molecular formula is C104H208O9Sn2-6. The Bertz CT molecular complexity index is 1430. The van der Waals surface area contributed by atoms with Crippen LogP contribution in [0.1, 0.15) is 620 Å². The Balaban J connectivity index is -0.000000243. The van der Waals surface area contributed by atoms with Crippen LogP contribution in [0.15, 0.2) is 0 Å². The van der Waals surface area contributed by atoms with Crippen LogP contribution >= 0.6 is 0 Å². The minimum absolute atomic E-state index is 0. The van der Waals surface area contributed by atoms with Gasteiger partial charge in [0.25, 0.3) is 0 Å². The Morgan fingerprint density at radius 2 is 0.217 bits per heavy atom. The van der Waals surface area contributed by atoms with Crippen LogP contribution in [0, 0.1) is 0 Å². The van der Waals surface area contributed by atoms with E-state index in [1.165, 1.54) is 462 Å². The average Bonchev–Trinajstić information content (AvgIpc) is 3.66. The van der Waals surface area contributed by atoms with Crippen molar-refractivity contribution in [1.82, 2.24) is 0 Å². The first-order valence-electron chi connectivity index (χ1n) is 52.1. The number of carbonyl (C=O) groups excluding carboxylic acids is 4. The Morgan fingerprint density at radius 1 is 0.139 bits per heavy atom. The monoisotopic (exact) mass is 1840 g/mol. The molecule has 0 aromatic rings. The van der Waals surface area contributed by atoms with Crippen molar-refractivity contribution in [2.24, 2.45) is 0 Å². The van der Waals surface area contributed by atoms with Crippen molar-refractivity contribution in [2.45, 2.75) is 638 Å². The number of carboxylic acid groups (broad SMARTS) is 4. The van der Waals surface area contributed by atoms with Gasteiger partial charge in [-0.15, -0.1) is 0 Å². The van der Waals surface area contributed by atoms with Gasteiger partial charge in [-0.05, 0) is 51.4 Å². The molecule has 0 N–H and O–H groups in total. The van der Waals surface area contributed by atoms with E-state index in [1.54, 1.807) is 43.4 Å². The van der Waals surface area contributed by atoms with Crippen LogP contribution in [0.3, 0.4) is 0 Å². The zero-order chi connectivity index (χ0) is 84.8. The minimum atomic E-state index is -0.903.